The fourth-order valence-electron chi connectivity index (χ4n) is 1.48. The van der Waals surface area contributed by atoms with Crippen molar-refractivity contribution in [1.82, 2.24) is 0 Å². The van der Waals surface area contributed by atoms with Gasteiger partial charge in [-0.05, 0) is 24.3 Å². The van der Waals surface area contributed by atoms with Gasteiger partial charge in [0, 0.05) is 23.9 Å². The zero-order valence-electron chi connectivity index (χ0n) is 9.25. The van der Waals surface area contributed by atoms with Gasteiger partial charge in [-0.1, -0.05) is 17.7 Å². The minimum Gasteiger partial charge on any atom is -0.506 e. The molecule has 0 saturated heterocycles. The molecule has 5 heteroatoms. The van der Waals surface area contributed by atoms with E-state index in [1.165, 1.54) is 24.3 Å². The summed E-state index contributed by atoms with van der Waals surface area (Å²) in [5.74, 6) is -1.23. The molecule has 0 aliphatic heterocycles. The predicted octanol–water partition coefficient (Wildman–Crippen LogP) is 3.94. The molecular formula is C13H10ClF2NO. The number of hydrogen-bond donors (Lipinski definition) is 2. The molecule has 2 rings (SSSR count). The van der Waals surface area contributed by atoms with Crippen molar-refractivity contribution in [2.24, 2.45) is 0 Å². The predicted molar refractivity (Wildman–Crippen MR) is 66.8 cm³/mol. The van der Waals surface area contributed by atoms with Crippen LogP contribution < -0.4 is 5.32 Å². The van der Waals surface area contributed by atoms with Crippen LogP contribution >= 0.6 is 11.6 Å². The molecule has 0 spiro atoms. The van der Waals surface area contributed by atoms with Crippen molar-refractivity contribution in [2.45, 2.75) is 6.54 Å². The molecule has 0 unspecified atom stereocenters. The van der Waals surface area contributed by atoms with E-state index < -0.39 is 11.6 Å². The van der Waals surface area contributed by atoms with E-state index in [9.17, 15) is 13.9 Å². The van der Waals surface area contributed by atoms with Crippen LogP contribution in [0.3, 0.4) is 0 Å². The Kier molecular flexibility index (Phi) is 3.67. The average Bonchev–Trinajstić information content (AvgIpc) is 2.32. The number of nitrogens with one attached hydrogen (secondary N) is 1. The number of anilines is 1. The lowest BCUT2D eigenvalue weighted by atomic mass is 10.2. The summed E-state index contributed by atoms with van der Waals surface area (Å²) < 4.78 is 26.1. The van der Waals surface area contributed by atoms with Gasteiger partial charge < -0.3 is 10.4 Å². The lowest BCUT2D eigenvalue weighted by Gasteiger charge is -2.08. The summed E-state index contributed by atoms with van der Waals surface area (Å²) >= 11 is 5.73. The van der Waals surface area contributed by atoms with E-state index >= 15 is 0 Å². The largest absolute Gasteiger partial charge is 0.506 e. The third-order valence-corrected chi connectivity index (χ3v) is 2.75. The minimum atomic E-state index is -0.607. The zero-order valence-corrected chi connectivity index (χ0v) is 10.0. The topological polar surface area (TPSA) is 32.3 Å². The van der Waals surface area contributed by atoms with Gasteiger partial charge in [-0.25, -0.2) is 8.78 Å². The maximum Gasteiger partial charge on any atom is 0.134 e. The van der Waals surface area contributed by atoms with Crippen molar-refractivity contribution in [3.63, 3.8) is 0 Å². The van der Waals surface area contributed by atoms with E-state index in [1.54, 1.807) is 6.07 Å². The van der Waals surface area contributed by atoms with Gasteiger partial charge in [0.05, 0.1) is 5.02 Å². The van der Waals surface area contributed by atoms with E-state index in [0.29, 0.717) is 11.3 Å². The first-order chi connectivity index (χ1) is 8.56. The molecule has 2 N–H and O–H groups in total. The first-order valence-corrected chi connectivity index (χ1v) is 5.60. The quantitative estimate of drug-likeness (QED) is 0.828. The Labute approximate surface area is 108 Å². The van der Waals surface area contributed by atoms with Crippen LogP contribution in [-0.4, -0.2) is 5.11 Å². The summed E-state index contributed by atoms with van der Waals surface area (Å²) in [6.07, 6.45) is 0. The number of phenolic OH excluding ortho intramolecular Hbond substituents is 1. The molecule has 0 atom stereocenters. The molecule has 2 aromatic carbocycles. The molecule has 0 fully saturated rings. The number of benzene rings is 2. The van der Waals surface area contributed by atoms with E-state index in [4.69, 9.17) is 11.6 Å². The molecule has 18 heavy (non-hydrogen) atoms. The Morgan fingerprint density at radius 3 is 2.56 bits per heavy atom. The highest BCUT2D eigenvalue weighted by Gasteiger charge is 2.04. The van der Waals surface area contributed by atoms with Crippen LogP contribution in [0, 0.1) is 11.6 Å². The highest BCUT2D eigenvalue weighted by molar-refractivity contribution is 6.32. The fraction of sp³-hybridized carbons (Fsp3) is 0.0769. The van der Waals surface area contributed by atoms with Crippen molar-refractivity contribution in [2.75, 3.05) is 5.32 Å². The molecule has 0 aliphatic rings. The van der Waals surface area contributed by atoms with Gasteiger partial charge in [-0.2, -0.15) is 0 Å². The van der Waals surface area contributed by atoms with Crippen LogP contribution in [0.5, 0.6) is 5.75 Å². The number of rotatable bonds is 3. The second-order valence-electron chi connectivity index (χ2n) is 3.76. The van der Waals surface area contributed by atoms with Gasteiger partial charge in [-0.3, -0.25) is 0 Å². The second-order valence-corrected chi connectivity index (χ2v) is 4.16. The van der Waals surface area contributed by atoms with Crippen LogP contribution in [0.15, 0.2) is 36.4 Å². The number of aromatic hydroxyl groups is 1. The number of halogens is 3. The maximum absolute atomic E-state index is 13.4. The second kappa shape index (κ2) is 5.23. The van der Waals surface area contributed by atoms with Gasteiger partial charge in [-0.15, -0.1) is 0 Å². The molecule has 0 heterocycles. The molecule has 2 nitrogen and oxygen atoms in total. The van der Waals surface area contributed by atoms with Gasteiger partial charge in [0.2, 0.25) is 0 Å². The summed E-state index contributed by atoms with van der Waals surface area (Å²) in [7, 11) is 0. The van der Waals surface area contributed by atoms with Crippen LogP contribution in [0.4, 0.5) is 14.5 Å². The van der Waals surface area contributed by atoms with Crippen molar-refractivity contribution in [3.8, 4) is 5.75 Å². The molecule has 0 bridgehead atoms. The van der Waals surface area contributed by atoms with Gasteiger partial charge in [0.15, 0.2) is 0 Å². The summed E-state index contributed by atoms with van der Waals surface area (Å²) in [4.78, 5) is 0. The summed E-state index contributed by atoms with van der Waals surface area (Å²) in [6.45, 7) is 0.202. The fourth-order valence-corrected chi connectivity index (χ4v) is 1.66. The Hall–Kier alpha value is -1.81. The lowest BCUT2D eigenvalue weighted by Crippen LogP contribution is -2.02. The lowest BCUT2D eigenvalue weighted by molar-refractivity contribution is 0.475. The van der Waals surface area contributed by atoms with E-state index in [-0.39, 0.29) is 17.3 Å². The van der Waals surface area contributed by atoms with Gasteiger partial charge in [0.1, 0.15) is 17.4 Å². The molecular weight excluding hydrogens is 260 g/mol. The normalized spacial score (nSPS) is 10.4. The third-order valence-electron chi connectivity index (χ3n) is 2.45. The highest BCUT2D eigenvalue weighted by atomic mass is 35.5. The molecule has 2 aromatic rings. The Balaban J connectivity index is 2.09. The molecule has 0 aromatic heterocycles. The van der Waals surface area contributed by atoms with E-state index in [0.717, 1.165) is 6.07 Å². The van der Waals surface area contributed by atoms with Crippen LogP contribution in [0.25, 0.3) is 0 Å². The van der Waals surface area contributed by atoms with Crippen LogP contribution in [-0.2, 0) is 6.54 Å². The highest BCUT2D eigenvalue weighted by Crippen LogP contribution is 2.26. The third kappa shape index (κ3) is 2.90. The van der Waals surface area contributed by atoms with E-state index in [1.807, 2.05) is 0 Å². The molecule has 0 aliphatic carbocycles. The molecule has 0 saturated carbocycles. The maximum atomic E-state index is 13.4. The molecule has 0 radical (unpaired) electrons. The van der Waals surface area contributed by atoms with E-state index in [2.05, 4.69) is 5.32 Å². The molecule has 94 valence electrons. The SMILES string of the molecule is Oc1ccc(NCc2ccc(F)cc2F)cc1Cl. The van der Waals surface area contributed by atoms with Crippen molar-refractivity contribution < 1.29 is 13.9 Å². The average molecular weight is 270 g/mol. The Morgan fingerprint density at radius 1 is 1.11 bits per heavy atom. The number of hydrogen-bond acceptors (Lipinski definition) is 2. The van der Waals surface area contributed by atoms with Crippen LogP contribution in [0.2, 0.25) is 5.02 Å². The van der Waals surface area contributed by atoms with Crippen molar-refractivity contribution >= 4 is 17.3 Å². The summed E-state index contributed by atoms with van der Waals surface area (Å²) in [6, 6.07) is 7.98. The van der Waals surface area contributed by atoms with Gasteiger partial charge >= 0.3 is 0 Å². The van der Waals surface area contributed by atoms with Crippen LogP contribution in [0.1, 0.15) is 5.56 Å². The first-order valence-electron chi connectivity index (χ1n) is 5.22. The summed E-state index contributed by atoms with van der Waals surface area (Å²) in [5, 5.41) is 12.4. The monoisotopic (exact) mass is 269 g/mol. The first kappa shape index (κ1) is 12.6. The molecule has 0 amide bonds. The Morgan fingerprint density at radius 2 is 1.89 bits per heavy atom. The zero-order chi connectivity index (χ0) is 13.1. The number of phenols is 1. The standard InChI is InChI=1S/C13H10ClF2NO/c14-11-6-10(3-4-13(11)18)17-7-8-1-2-9(15)5-12(8)16/h1-6,17-18H,7H2. The van der Waals surface area contributed by atoms with Crippen molar-refractivity contribution in [1.29, 1.82) is 0 Å². The van der Waals surface area contributed by atoms with Crippen molar-refractivity contribution in [3.05, 3.63) is 58.6 Å². The Bertz CT molecular complexity index is 575. The summed E-state index contributed by atoms with van der Waals surface area (Å²) in [5.41, 5.74) is 0.988. The van der Waals surface area contributed by atoms with Gasteiger partial charge in [0.25, 0.3) is 0 Å². The smallest absolute Gasteiger partial charge is 0.134 e. The minimum absolute atomic E-state index is 0.0184.